The maximum atomic E-state index is 13.0. The number of fused-ring (bicyclic) bond motifs is 1. The lowest BCUT2D eigenvalue weighted by molar-refractivity contribution is -0.136. The Labute approximate surface area is 213 Å². The maximum Gasteiger partial charge on any atom is 0.255 e. The molecule has 1 aromatic rings. The molecule has 0 bridgehead atoms. The van der Waals surface area contributed by atoms with Crippen molar-refractivity contribution >= 4 is 17.7 Å². The second kappa shape index (κ2) is 10.9. The Morgan fingerprint density at radius 3 is 2.61 bits per heavy atom. The number of amides is 3. The number of carbonyl (C=O) groups is 3. The van der Waals surface area contributed by atoms with E-state index in [0.717, 1.165) is 49.6 Å². The molecule has 3 heterocycles. The molecule has 1 N–H and O–H groups in total. The van der Waals surface area contributed by atoms with Crippen LogP contribution in [0, 0.1) is 5.92 Å². The van der Waals surface area contributed by atoms with Gasteiger partial charge in [-0.15, -0.1) is 0 Å². The van der Waals surface area contributed by atoms with E-state index in [1.807, 2.05) is 25.3 Å². The van der Waals surface area contributed by atoms with E-state index in [2.05, 4.69) is 17.1 Å². The van der Waals surface area contributed by atoms with Crippen molar-refractivity contribution in [1.29, 1.82) is 0 Å². The molecule has 3 aliphatic heterocycles. The van der Waals surface area contributed by atoms with Gasteiger partial charge in [0.1, 0.15) is 17.9 Å². The molecule has 2 saturated heterocycles. The van der Waals surface area contributed by atoms with Crippen molar-refractivity contribution in [2.45, 2.75) is 95.5 Å². The Kier molecular flexibility index (Phi) is 7.62. The van der Waals surface area contributed by atoms with E-state index in [-0.39, 0.29) is 30.2 Å². The maximum absolute atomic E-state index is 13.0. The highest BCUT2D eigenvalue weighted by Gasteiger charge is 2.39. The number of methoxy groups -OCH3 is 1. The van der Waals surface area contributed by atoms with E-state index in [1.165, 1.54) is 25.7 Å². The summed E-state index contributed by atoms with van der Waals surface area (Å²) in [5.41, 5.74) is 1.50. The third-order valence-corrected chi connectivity index (χ3v) is 8.64. The molecular weight excluding hydrogens is 458 g/mol. The van der Waals surface area contributed by atoms with Crippen molar-refractivity contribution in [1.82, 2.24) is 15.1 Å². The Balaban J connectivity index is 1.21. The van der Waals surface area contributed by atoms with E-state index < -0.39 is 6.04 Å². The van der Waals surface area contributed by atoms with Crippen LogP contribution in [0.3, 0.4) is 0 Å². The summed E-state index contributed by atoms with van der Waals surface area (Å²) in [4.78, 5) is 41.0. The highest BCUT2D eigenvalue weighted by atomic mass is 16.5. The first-order valence-corrected chi connectivity index (χ1v) is 13.6. The van der Waals surface area contributed by atoms with Crippen LogP contribution in [0.25, 0.3) is 0 Å². The number of imide groups is 1. The summed E-state index contributed by atoms with van der Waals surface area (Å²) in [6.07, 6.45) is 9.51. The normalized spacial score (nSPS) is 30.2. The molecule has 3 fully saturated rings. The minimum atomic E-state index is -0.597. The summed E-state index contributed by atoms with van der Waals surface area (Å²) in [5.74, 6) is 0.689. The monoisotopic (exact) mass is 497 g/mol. The molecule has 1 aliphatic carbocycles. The molecule has 1 unspecified atom stereocenters. The SMILES string of the molecule is COC1CCC(CN2CCCC[C@@H]2[C@@H](C)Oc2ccc3c(c2)CN(C2CCC(=O)NC2=O)C3=O)CC1. The average molecular weight is 498 g/mol. The lowest BCUT2D eigenvalue weighted by Gasteiger charge is -2.41. The van der Waals surface area contributed by atoms with Crippen LogP contribution in [0.4, 0.5) is 0 Å². The summed E-state index contributed by atoms with van der Waals surface area (Å²) in [6, 6.07) is 5.43. The number of ether oxygens (including phenoxy) is 2. The van der Waals surface area contributed by atoms with Crippen LogP contribution < -0.4 is 10.1 Å². The third-order valence-electron chi connectivity index (χ3n) is 8.64. The quantitative estimate of drug-likeness (QED) is 0.582. The van der Waals surface area contributed by atoms with Crippen LogP contribution in [0.15, 0.2) is 18.2 Å². The molecule has 4 aliphatic rings. The van der Waals surface area contributed by atoms with E-state index in [4.69, 9.17) is 9.47 Å². The molecule has 8 heteroatoms. The predicted molar refractivity (Wildman–Crippen MR) is 135 cm³/mol. The largest absolute Gasteiger partial charge is 0.489 e. The summed E-state index contributed by atoms with van der Waals surface area (Å²) in [7, 11) is 1.83. The lowest BCUT2D eigenvalue weighted by Crippen LogP contribution is -2.52. The van der Waals surface area contributed by atoms with E-state index in [9.17, 15) is 14.4 Å². The zero-order valence-electron chi connectivity index (χ0n) is 21.5. The number of benzene rings is 1. The van der Waals surface area contributed by atoms with Gasteiger partial charge < -0.3 is 14.4 Å². The number of nitrogens with zero attached hydrogens (tertiary/aromatic N) is 2. The molecule has 1 saturated carbocycles. The fourth-order valence-corrected chi connectivity index (χ4v) is 6.57. The smallest absolute Gasteiger partial charge is 0.255 e. The second-order valence-corrected chi connectivity index (χ2v) is 11.0. The van der Waals surface area contributed by atoms with Gasteiger partial charge in [0.15, 0.2) is 0 Å². The van der Waals surface area contributed by atoms with Crippen LogP contribution in [0.2, 0.25) is 0 Å². The molecule has 0 aromatic heterocycles. The van der Waals surface area contributed by atoms with Gasteiger partial charge >= 0.3 is 0 Å². The van der Waals surface area contributed by atoms with Crippen LogP contribution in [-0.4, -0.2) is 72.0 Å². The number of likely N-dealkylation sites (tertiary alicyclic amines) is 1. The van der Waals surface area contributed by atoms with Gasteiger partial charge in [-0.3, -0.25) is 24.6 Å². The Morgan fingerprint density at radius 2 is 1.86 bits per heavy atom. The molecule has 8 nitrogen and oxygen atoms in total. The lowest BCUT2D eigenvalue weighted by atomic mass is 9.85. The van der Waals surface area contributed by atoms with Crippen molar-refractivity contribution < 1.29 is 23.9 Å². The zero-order chi connectivity index (χ0) is 25.2. The second-order valence-electron chi connectivity index (χ2n) is 11.0. The minimum absolute atomic E-state index is 0.0435. The van der Waals surface area contributed by atoms with Crippen LogP contribution in [0.1, 0.15) is 80.6 Å². The van der Waals surface area contributed by atoms with Crippen LogP contribution in [-0.2, 0) is 20.9 Å². The van der Waals surface area contributed by atoms with Crippen molar-refractivity contribution in [3.63, 3.8) is 0 Å². The van der Waals surface area contributed by atoms with Crippen molar-refractivity contribution in [3.05, 3.63) is 29.3 Å². The summed E-state index contributed by atoms with van der Waals surface area (Å²) >= 11 is 0. The van der Waals surface area contributed by atoms with Gasteiger partial charge in [-0.2, -0.15) is 0 Å². The summed E-state index contributed by atoms with van der Waals surface area (Å²) in [6.45, 7) is 4.79. The number of carbonyl (C=O) groups excluding carboxylic acids is 3. The first-order chi connectivity index (χ1) is 17.4. The molecule has 0 spiro atoms. The highest BCUT2D eigenvalue weighted by molar-refractivity contribution is 6.05. The molecule has 3 amide bonds. The molecule has 5 rings (SSSR count). The Bertz CT molecular complexity index is 989. The van der Waals surface area contributed by atoms with Crippen molar-refractivity contribution in [3.8, 4) is 5.75 Å². The fourth-order valence-electron chi connectivity index (χ4n) is 6.57. The third kappa shape index (κ3) is 5.30. The minimum Gasteiger partial charge on any atom is -0.489 e. The van der Waals surface area contributed by atoms with Crippen LogP contribution in [0.5, 0.6) is 5.75 Å². The number of piperidine rings is 2. The van der Waals surface area contributed by atoms with Gasteiger partial charge in [0.25, 0.3) is 5.91 Å². The first-order valence-electron chi connectivity index (χ1n) is 13.6. The van der Waals surface area contributed by atoms with Gasteiger partial charge in [-0.1, -0.05) is 6.42 Å². The molecule has 3 atom stereocenters. The Hall–Kier alpha value is -2.45. The average Bonchev–Trinajstić information content (AvgIpc) is 3.20. The predicted octanol–water partition coefficient (Wildman–Crippen LogP) is 3.27. The zero-order valence-corrected chi connectivity index (χ0v) is 21.5. The number of nitrogens with one attached hydrogen (secondary N) is 1. The number of hydrogen-bond acceptors (Lipinski definition) is 6. The fraction of sp³-hybridized carbons (Fsp3) is 0.679. The van der Waals surface area contributed by atoms with Crippen molar-refractivity contribution in [2.24, 2.45) is 5.92 Å². The van der Waals surface area contributed by atoms with Gasteiger partial charge in [-0.05, 0) is 88.1 Å². The number of hydrogen-bond donors (Lipinski definition) is 1. The molecule has 0 radical (unpaired) electrons. The standard InChI is InChI=1S/C28H39N3O5/c1-18(24-5-3-4-14-30(24)16-19-6-8-21(35-2)9-7-19)36-22-10-11-23-20(15-22)17-31(28(23)34)25-12-13-26(32)29-27(25)33/h10-11,15,18-19,21,24-25H,3-9,12-14,16-17H2,1-2H3,(H,29,32,33)/t18-,19?,21?,24-,25?/m1/s1. The molecule has 1 aromatic carbocycles. The molecule has 196 valence electrons. The van der Waals surface area contributed by atoms with Gasteiger partial charge in [0.2, 0.25) is 11.8 Å². The first kappa shape index (κ1) is 25.2. The topological polar surface area (TPSA) is 88.2 Å². The van der Waals surface area contributed by atoms with E-state index in [1.54, 1.807) is 4.90 Å². The summed E-state index contributed by atoms with van der Waals surface area (Å²) < 4.78 is 12.0. The summed E-state index contributed by atoms with van der Waals surface area (Å²) in [5, 5.41) is 2.36. The Morgan fingerprint density at radius 1 is 1.06 bits per heavy atom. The van der Waals surface area contributed by atoms with Crippen LogP contribution >= 0.6 is 0 Å². The highest BCUT2D eigenvalue weighted by Crippen LogP contribution is 2.33. The van der Waals surface area contributed by atoms with Crippen molar-refractivity contribution in [2.75, 3.05) is 20.2 Å². The molecule has 36 heavy (non-hydrogen) atoms. The van der Waals surface area contributed by atoms with Gasteiger partial charge in [0.05, 0.1) is 6.10 Å². The van der Waals surface area contributed by atoms with Gasteiger partial charge in [-0.25, -0.2) is 0 Å². The molecular formula is C28H39N3O5. The van der Waals surface area contributed by atoms with E-state index >= 15 is 0 Å². The number of rotatable bonds is 7. The van der Waals surface area contributed by atoms with E-state index in [0.29, 0.717) is 30.7 Å². The van der Waals surface area contributed by atoms with Gasteiger partial charge in [0, 0.05) is 38.2 Å².